The molecule has 0 radical (unpaired) electrons. The van der Waals surface area contributed by atoms with Crippen molar-refractivity contribution in [1.82, 2.24) is 0 Å². The molecule has 2 rings (SSSR count). The number of esters is 1. The Kier molecular flexibility index (Phi) is 5.83. The maximum Gasteiger partial charge on any atom is 0.342 e. The molecule has 146 valence electrons. The fourth-order valence-corrected chi connectivity index (χ4v) is 2.20. The van der Waals surface area contributed by atoms with Gasteiger partial charge >= 0.3 is 5.97 Å². The smallest absolute Gasteiger partial charge is 0.342 e. The first-order chi connectivity index (χ1) is 13.0. The molecule has 28 heavy (non-hydrogen) atoms. The lowest BCUT2D eigenvalue weighted by atomic mass is 10.0. The van der Waals surface area contributed by atoms with Crippen LogP contribution in [0.1, 0.15) is 31.1 Å². The second-order valence-corrected chi connectivity index (χ2v) is 6.85. The van der Waals surface area contributed by atoms with Gasteiger partial charge in [0.1, 0.15) is 34.0 Å². The molecule has 8 heteroatoms. The number of benzene rings is 2. The van der Waals surface area contributed by atoms with E-state index in [2.05, 4.69) is 6.58 Å². The van der Waals surface area contributed by atoms with Crippen molar-refractivity contribution in [2.24, 2.45) is 0 Å². The molecule has 0 unspecified atom stereocenters. The molecule has 0 aliphatic heterocycles. The Labute approximate surface area is 161 Å². The quantitative estimate of drug-likeness (QED) is 0.151. The topological polar surface area (TPSA) is 116 Å². The van der Waals surface area contributed by atoms with E-state index in [0.717, 1.165) is 12.1 Å². The van der Waals surface area contributed by atoms with Crippen LogP contribution in [0.4, 0.5) is 5.69 Å². The number of nitrogens with zero attached hydrogens (tertiary/aromatic N) is 1. The Bertz CT molecular complexity index is 957. The molecule has 2 aromatic carbocycles. The van der Waals surface area contributed by atoms with Gasteiger partial charge in [0.05, 0.1) is 4.92 Å². The molecular weight excluding hydrogens is 366 g/mol. The molecule has 0 aliphatic carbocycles. The number of carbonyl (C=O) groups excluding carboxylic acids is 2. The summed E-state index contributed by atoms with van der Waals surface area (Å²) in [4.78, 5) is 35.3. The van der Waals surface area contributed by atoms with E-state index in [1.165, 1.54) is 18.2 Å². The van der Waals surface area contributed by atoms with E-state index in [-0.39, 0.29) is 22.8 Å². The highest BCUT2D eigenvalue weighted by Gasteiger charge is 2.29. The van der Waals surface area contributed by atoms with Crippen molar-refractivity contribution in [2.45, 2.75) is 26.4 Å². The lowest BCUT2D eigenvalue weighted by Crippen LogP contribution is -2.27. The van der Waals surface area contributed by atoms with Gasteiger partial charge in [-0.15, -0.1) is 0 Å². The van der Waals surface area contributed by atoms with E-state index in [1.54, 1.807) is 32.9 Å². The highest BCUT2D eigenvalue weighted by atomic mass is 16.6. The molecule has 0 heterocycles. The molecule has 0 aromatic heterocycles. The Morgan fingerprint density at radius 3 is 2.32 bits per heavy atom. The van der Waals surface area contributed by atoms with Crippen molar-refractivity contribution in [3.8, 4) is 17.2 Å². The van der Waals surface area contributed by atoms with Gasteiger partial charge in [-0.3, -0.25) is 14.9 Å². The lowest BCUT2D eigenvalue weighted by molar-refractivity contribution is -0.385. The minimum absolute atomic E-state index is 0.0333. The van der Waals surface area contributed by atoms with E-state index in [1.807, 2.05) is 0 Å². The van der Waals surface area contributed by atoms with Crippen LogP contribution >= 0.6 is 0 Å². The summed E-state index contributed by atoms with van der Waals surface area (Å²) in [6.45, 7) is 8.28. The Hall–Kier alpha value is -3.68. The molecule has 0 saturated carbocycles. The van der Waals surface area contributed by atoms with Gasteiger partial charge in [0.2, 0.25) is 5.78 Å². The number of Topliss-reactive ketones (excluding diaryl/α,β-unsaturated/α-hetero) is 1. The average Bonchev–Trinajstić information content (AvgIpc) is 2.58. The predicted octanol–water partition coefficient (Wildman–Crippen LogP) is 4.17. The van der Waals surface area contributed by atoms with Crippen molar-refractivity contribution in [3.05, 3.63) is 70.3 Å². The molecule has 0 spiro atoms. The highest BCUT2D eigenvalue weighted by molar-refractivity contribution is 6.25. The Morgan fingerprint density at radius 2 is 1.75 bits per heavy atom. The van der Waals surface area contributed by atoms with Crippen molar-refractivity contribution >= 4 is 17.4 Å². The summed E-state index contributed by atoms with van der Waals surface area (Å²) in [6.07, 6.45) is 0. The summed E-state index contributed by atoms with van der Waals surface area (Å²) in [5, 5.41) is 20.8. The molecule has 0 fully saturated rings. The van der Waals surface area contributed by atoms with Crippen LogP contribution in [-0.4, -0.2) is 27.4 Å². The zero-order valence-corrected chi connectivity index (χ0v) is 15.6. The second kappa shape index (κ2) is 7.91. The number of ether oxygens (including phenoxy) is 2. The molecule has 0 saturated heterocycles. The van der Waals surface area contributed by atoms with Crippen LogP contribution in [0.5, 0.6) is 17.2 Å². The number of rotatable bonds is 6. The number of hydrogen-bond acceptors (Lipinski definition) is 7. The number of carbonyl (C=O) groups is 2. The zero-order chi connectivity index (χ0) is 21.1. The fourth-order valence-electron chi connectivity index (χ4n) is 2.20. The average molecular weight is 385 g/mol. The number of aromatic hydroxyl groups is 1. The van der Waals surface area contributed by atoms with Gasteiger partial charge in [0.25, 0.3) is 5.69 Å². The van der Waals surface area contributed by atoms with E-state index >= 15 is 0 Å². The number of ketones is 1. The van der Waals surface area contributed by atoms with E-state index in [0.29, 0.717) is 0 Å². The third kappa shape index (κ3) is 5.16. The van der Waals surface area contributed by atoms with Crippen molar-refractivity contribution in [3.63, 3.8) is 0 Å². The van der Waals surface area contributed by atoms with Crippen molar-refractivity contribution in [2.75, 3.05) is 0 Å². The maximum atomic E-state index is 12.7. The van der Waals surface area contributed by atoms with Gasteiger partial charge < -0.3 is 14.6 Å². The standard InChI is InChI=1S/C20H19NO7/c1-12(19(24)28-20(2,3)4)18(23)16-11-15(8-9-17(16)21(25)26)27-14-7-5-6-13(22)10-14/h5-11,22H,1H2,2-4H3. The van der Waals surface area contributed by atoms with Gasteiger partial charge in [0.15, 0.2) is 0 Å². The third-order valence-electron chi connectivity index (χ3n) is 3.38. The summed E-state index contributed by atoms with van der Waals surface area (Å²) in [5.41, 5.74) is -2.25. The van der Waals surface area contributed by atoms with Crippen molar-refractivity contribution in [1.29, 1.82) is 0 Å². The van der Waals surface area contributed by atoms with Crippen LogP contribution < -0.4 is 4.74 Å². The fraction of sp³-hybridized carbons (Fsp3) is 0.200. The first kappa shape index (κ1) is 20.6. The monoisotopic (exact) mass is 385 g/mol. The SMILES string of the molecule is C=C(C(=O)OC(C)(C)C)C(=O)c1cc(Oc2cccc(O)c2)ccc1[N+](=O)[O-]. The predicted molar refractivity (Wildman–Crippen MR) is 101 cm³/mol. The van der Waals surface area contributed by atoms with Crippen LogP contribution in [0, 0.1) is 10.1 Å². The zero-order valence-electron chi connectivity index (χ0n) is 15.6. The van der Waals surface area contributed by atoms with E-state index in [9.17, 15) is 24.8 Å². The normalized spacial score (nSPS) is 10.8. The minimum atomic E-state index is -0.967. The maximum absolute atomic E-state index is 12.7. The number of phenolic OH excluding ortho intramolecular Hbond substituents is 1. The van der Waals surface area contributed by atoms with E-state index in [4.69, 9.17) is 9.47 Å². The van der Waals surface area contributed by atoms with Crippen LogP contribution in [-0.2, 0) is 9.53 Å². The summed E-state index contributed by atoms with van der Waals surface area (Å²) in [7, 11) is 0. The molecule has 0 amide bonds. The Morgan fingerprint density at radius 1 is 1.11 bits per heavy atom. The van der Waals surface area contributed by atoms with Gasteiger partial charge in [-0.25, -0.2) is 4.79 Å². The van der Waals surface area contributed by atoms with Gasteiger partial charge in [-0.05, 0) is 45.0 Å². The number of hydrogen-bond donors (Lipinski definition) is 1. The second-order valence-electron chi connectivity index (χ2n) is 6.85. The number of phenols is 1. The first-order valence-corrected chi connectivity index (χ1v) is 8.20. The minimum Gasteiger partial charge on any atom is -0.508 e. The summed E-state index contributed by atoms with van der Waals surface area (Å²) in [6, 6.07) is 9.42. The van der Waals surface area contributed by atoms with Gasteiger partial charge in [-0.2, -0.15) is 0 Å². The first-order valence-electron chi connectivity index (χ1n) is 8.20. The van der Waals surface area contributed by atoms with Gasteiger partial charge in [-0.1, -0.05) is 12.6 Å². The number of nitro benzene ring substituents is 1. The molecule has 1 N–H and O–H groups in total. The van der Waals surface area contributed by atoms with E-state index < -0.39 is 33.5 Å². The third-order valence-corrected chi connectivity index (χ3v) is 3.38. The van der Waals surface area contributed by atoms with Gasteiger partial charge in [0, 0.05) is 12.1 Å². The van der Waals surface area contributed by atoms with Crippen molar-refractivity contribution < 1.29 is 29.1 Å². The molecule has 2 aromatic rings. The largest absolute Gasteiger partial charge is 0.508 e. The number of nitro groups is 1. The van der Waals surface area contributed by atoms with Crippen LogP contribution in [0.2, 0.25) is 0 Å². The lowest BCUT2D eigenvalue weighted by Gasteiger charge is -2.19. The Balaban J connectivity index is 2.37. The van der Waals surface area contributed by atoms with Crippen LogP contribution in [0.15, 0.2) is 54.6 Å². The summed E-state index contributed by atoms with van der Waals surface area (Å²) < 4.78 is 10.6. The van der Waals surface area contributed by atoms with Crippen LogP contribution in [0.25, 0.3) is 0 Å². The summed E-state index contributed by atoms with van der Waals surface area (Å²) in [5.74, 6) is -1.57. The highest BCUT2D eigenvalue weighted by Crippen LogP contribution is 2.30. The summed E-state index contributed by atoms with van der Waals surface area (Å²) >= 11 is 0. The molecular formula is C20H19NO7. The molecule has 0 bridgehead atoms. The van der Waals surface area contributed by atoms with Crippen LogP contribution in [0.3, 0.4) is 0 Å². The molecule has 0 aliphatic rings. The molecule has 8 nitrogen and oxygen atoms in total. The molecule has 0 atom stereocenters.